The van der Waals surface area contributed by atoms with E-state index in [0.29, 0.717) is 0 Å². The number of carbonyl (C=O) groups is 1. The highest BCUT2D eigenvalue weighted by Gasteiger charge is 2.23. The van der Waals surface area contributed by atoms with Crippen LogP contribution in [0.4, 0.5) is 4.79 Å². The number of hydrogen-bond donors (Lipinski definition) is 0. The Balaban J connectivity index is 2.17. The van der Waals surface area contributed by atoms with Crippen molar-refractivity contribution in [2.24, 2.45) is 0 Å². The molecular formula is C27H38O5. The number of methoxy groups -OCH3 is 2. The maximum Gasteiger partial charge on any atom is 0.509 e. The molecule has 0 spiro atoms. The van der Waals surface area contributed by atoms with Crippen molar-refractivity contribution in [1.82, 2.24) is 0 Å². The summed E-state index contributed by atoms with van der Waals surface area (Å²) in [6, 6.07) is 11.9. The van der Waals surface area contributed by atoms with Crippen LogP contribution < -0.4 is 9.47 Å². The van der Waals surface area contributed by atoms with E-state index in [1.165, 1.54) is 0 Å². The predicted octanol–water partition coefficient (Wildman–Crippen LogP) is 7.27. The third kappa shape index (κ3) is 6.65. The fourth-order valence-corrected chi connectivity index (χ4v) is 3.27. The first-order valence-corrected chi connectivity index (χ1v) is 11.0. The van der Waals surface area contributed by atoms with Gasteiger partial charge in [0.05, 0.1) is 14.2 Å². The zero-order chi connectivity index (χ0) is 24.3. The molecule has 5 heteroatoms. The van der Waals surface area contributed by atoms with Crippen LogP contribution in [0.2, 0.25) is 0 Å². The van der Waals surface area contributed by atoms with Gasteiger partial charge in [-0.25, -0.2) is 4.79 Å². The minimum atomic E-state index is -0.717. The van der Waals surface area contributed by atoms with Crippen molar-refractivity contribution in [3.63, 3.8) is 0 Å². The standard InChI is InChI=1S/C27H38O5/c1-17(19-11-21(26(3,4)5)15-23(13-19)29-9)31-25(28)32-18(2)20-12-22(27(6,7)8)16-24(14-20)30-10/h11-18H,1-10H3. The van der Waals surface area contributed by atoms with Gasteiger partial charge in [-0.15, -0.1) is 0 Å². The molecule has 0 amide bonds. The molecular weight excluding hydrogens is 404 g/mol. The monoisotopic (exact) mass is 442 g/mol. The molecule has 0 heterocycles. The summed E-state index contributed by atoms with van der Waals surface area (Å²) in [5.74, 6) is 1.46. The summed E-state index contributed by atoms with van der Waals surface area (Å²) in [6.07, 6.45) is -1.69. The Hall–Kier alpha value is -2.69. The molecule has 176 valence electrons. The predicted molar refractivity (Wildman–Crippen MR) is 128 cm³/mol. The number of benzene rings is 2. The second kappa shape index (κ2) is 9.85. The Morgan fingerprint density at radius 1 is 0.656 bits per heavy atom. The van der Waals surface area contributed by atoms with Crippen LogP contribution in [0.1, 0.15) is 89.9 Å². The minimum absolute atomic E-state index is 0.0604. The third-order valence-electron chi connectivity index (χ3n) is 5.55. The highest BCUT2D eigenvalue weighted by atomic mass is 16.7. The van der Waals surface area contributed by atoms with E-state index in [1.807, 2.05) is 50.2 Å². The third-order valence-corrected chi connectivity index (χ3v) is 5.55. The zero-order valence-corrected chi connectivity index (χ0v) is 21.2. The van der Waals surface area contributed by atoms with Crippen LogP contribution in [0.5, 0.6) is 11.5 Å². The van der Waals surface area contributed by atoms with Crippen LogP contribution in [0.15, 0.2) is 36.4 Å². The molecule has 2 atom stereocenters. The second-order valence-electron chi connectivity index (χ2n) is 10.3. The SMILES string of the molecule is COc1cc(C(C)OC(=O)OC(C)c2cc(OC)cc(C(C)(C)C)c2)cc(C(C)(C)C)c1. The van der Waals surface area contributed by atoms with E-state index in [0.717, 1.165) is 33.8 Å². The van der Waals surface area contributed by atoms with Gasteiger partial charge in [0.15, 0.2) is 0 Å². The van der Waals surface area contributed by atoms with Gasteiger partial charge < -0.3 is 18.9 Å². The highest BCUT2D eigenvalue weighted by molar-refractivity contribution is 5.61. The summed E-state index contributed by atoms with van der Waals surface area (Å²) in [5.41, 5.74) is 3.81. The molecule has 0 N–H and O–H groups in total. The van der Waals surface area contributed by atoms with Gasteiger partial charge in [-0.05, 0) is 71.2 Å². The summed E-state index contributed by atoms with van der Waals surface area (Å²) in [4.78, 5) is 12.6. The van der Waals surface area contributed by atoms with E-state index in [2.05, 4.69) is 41.5 Å². The van der Waals surface area contributed by atoms with Gasteiger partial charge in [0, 0.05) is 0 Å². The van der Waals surface area contributed by atoms with Gasteiger partial charge in [0.25, 0.3) is 0 Å². The molecule has 32 heavy (non-hydrogen) atoms. The van der Waals surface area contributed by atoms with Crippen molar-refractivity contribution < 1.29 is 23.7 Å². The molecule has 0 aliphatic heterocycles. The van der Waals surface area contributed by atoms with Crippen LogP contribution in [-0.4, -0.2) is 20.4 Å². The van der Waals surface area contributed by atoms with Gasteiger partial charge in [-0.2, -0.15) is 0 Å². The Kier molecular flexibility index (Phi) is 7.87. The maximum absolute atomic E-state index is 12.6. The summed E-state index contributed by atoms with van der Waals surface area (Å²) in [6.45, 7) is 16.5. The summed E-state index contributed by atoms with van der Waals surface area (Å²) in [5, 5.41) is 0. The van der Waals surface area contributed by atoms with Crippen molar-refractivity contribution in [3.8, 4) is 11.5 Å². The lowest BCUT2D eigenvalue weighted by Crippen LogP contribution is -2.16. The molecule has 0 bridgehead atoms. The Labute approximate surface area is 193 Å². The quantitative estimate of drug-likeness (QED) is 0.440. The molecule has 2 aromatic rings. The first-order chi connectivity index (χ1) is 14.7. The molecule has 5 nitrogen and oxygen atoms in total. The van der Waals surface area contributed by atoms with Crippen LogP contribution in [0.3, 0.4) is 0 Å². The molecule has 0 aromatic heterocycles. The first-order valence-electron chi connectivity index (χ1n) is 11.0. The second-order valence-corrected chi connectivity index (χ2v) is 10.3. The Bertz CT molecular complexity index is 859. The first kappa shape index (κ1) is 25.6. The lowest BCUT2D eigenvalue weighted by atomic mass is 9.85. The minimum Gasteiger partial charge on any atom is -0.497 e. The van der Waals surface area contributed by atoms with Gasteiger partial charge in [0.1, 0.15) is 23.7 Å². The molecule has 2 rings (SSSR count). The van der Waals surface area contributed by atoms with E-state index >= 15 is 0 Å². The topological polar surface area (TPSA) is 54.0 Å². The van der Waals surface area contributed by atoms with Gasteiger partial charge in [-0.3, -0.25) is 0 Å². The smallest absolute Gasteiger partial charge is 0.497 e. The maximum atomic E-state index is 12.6. The van der Waals surface area contributed by atoms with Crippen LogP contribution in [-0.2, 0) is 20.3 Å². The number of hydrogen-bond acceptors (Lipinski definition) is 5. The molecule has 0 fully saturated rings. The van der Waals surface area contributed by atoms with Crippen molar-refractivity contribution >= 4 is 6.16 Å². The molecule has 2 unspecified atom stereocenters. The van der Waals surface area contributed by atoms with Crippen molar-refractivity contribution in [2.45, 2.75) is 78.4 Å². The number of ether oxygens (including phenoxy) is 4. The van der Waals surface area contributed by atoms with E-state index < -0.39 is 18.4 Å². The molecule has 0 saturated heterocycles. The normalized spacial score (nSPS) is 13.8. The van der Waals surface area contributed by atoms with Crippen molar-refractivity contribution in [1.29, 1.82) is 0 Å². The molecule has 2 aromatic carbocycles. The lowest BCUT2D eigenvalue weighted by Gasteiger charge is -2.24. The van der Waals surface area contributed by atoms with E-state index in [9.17, 15) is 4.79 Å². The van der Waals surface area contributed by atoms with Crippen LogP contribution >= 0.6 is 0 Å². The average molecular weight is 443 g/mol. The van der Waals surface area contributed by atoms with E-state index in [4.69, 9.17) is 18.9 Å². The zero-order valence-electron chi connectivity index (χ0n) is 21.2. The summed E-state index contributed by atoms with van der Waals surface area (Å²) >= 11 is 0. The van der Waals surface area contributed by atoms with Gasteiger partial charge >= 0.3 is 6.16 Å². The van der Waals surface area contributed by atoms with Crippen LogP contribution in [0, 0.1) is 0 Å². The molecule has 0 aliphatic carbocycles. The Morgan fingerprint density at radius 2 is 1.00 bits per heavy atom. The number of rotatable bonds is 6. The summed E-state index contributed by atoms with van der Waals surface area (Å²) in [7, 11) is 3.26. The van der Waals surface area contributed by atoms with Crippen molar-refractivity contribution in [2.75, 3.05) is 14.2 Å². The van der Waals surface area contributed by atoms with E-state index in [1.54, 1.807) is 14.2 Å². The van der Waals surface area contributed by atoms with Gasteiger partial charge in [0.2, 0.25) is 0 Å². The fourth-order valence-electron chi connectivity index (χ4n) is 3.27. The van der Waals surface area contributed by atoms with E-state index in [-0.39, 0.29) is 10.8 Å². The largest absolute Gasteiger partial charge is 0.509 e. The lowest BCUT2D eigenvalue weighted by molar-refractivity contribution is 0.00611. The van der Waals surface area contributed by atoms with Gasteiger partial charge in [-0.1, -0.05) is 53.7 Å². The molecule has 0 aliphatic rings. The summed E-state index contributed by atoms with van der Waals surface area (Å²) < 4.78 is 22.1. The Morgan fingerprint density at radius 3 is 1.28 bits per heavy atom. The molecule has 0 radical (unpaired) electrons. The highest BCUT2D eigenvalue weighted by Crippen LogP contribution is 2.33. The average Bonchev–Trinajstić information content (AvgIpc) is 2.71. The van der Waals surface area contributed by atoms with Crippen molar-refractivity contribution in [3.05, 3.63) is 58.7 Å². The fraction of sp³-hybridized carbons (Fsp3) is 0.519. The number of carbonyl (C=O) groups excluding carboxylic acids is 1. The van der Waals surface area contributed by atoms with Crippen LogP contribution in [0.25, 0.3) is 0 Å². The molecule has 0 saturated carbocycles.